The van der Waals surface area contributed by atoms with E-state index in [0.717, 1.165) is 0 Å². The van der Waals surface area contributed by atoms with Crippen molar-refractivity contribution < 1.29 is 4.79 Å². The maximum Gasteiger partial charge on any atom is 0.224 e. The van der Waals surface area contributed by atoms with Crippen molar-refractivity contribution in [3.05, 3.63) is 0 Å². The molecule has 0 rings (SSSR count). The Kier molecular flexibility index (Phi) is 6.29. The average molecular weight is 232 g/mol. The number of amides is 1. The predicted octanol–water partition coefficient (Wildman–Crippen LogP) is 1.48. The highest BCUT2D eigenvalue weighted by molar-refractivity contribution is 7.99. The van der Waals surface area contributed by atoms with Gasteiger partial charge in [-0.3, -0.25) is 4.79 Å². The van der Waals surface area contributed by atoms with E-state index < -0.39 is 0 Å². The van der Waals surface area contributed by atoms with Gasteiger partial charge in [-0.2, -0.15) is 11.8 Å². The van der Waals surface area contributed by atoms with E-state index in [4.69, 9.17) is 5.73 Å². The lowest BCUT2D eigenvalue weighted by Crippen LogP contribution is -2.43. The lowest BCUT2D eigenvalue weighted by atomic mass is 9.95. The molecule has 1 unspecified atom stereocenters. The summed E-state index contributed by atoms with van der Waals surface area (Å²) < 4.78 is 0.0891. The number of nitrogens with one attached hydrogen (secondary N) is 1. The van der Waals surface area contributed by atoms with Gasteiger partial charge in [-0.15, -0.1) is 0 Å². The summed E-state index contributed by atoms with van der Waals surface area (Å²) in [7, 11) is 0. The molecule has 0 heterocycles. The van der Waals surface area contributed by atoms with Crippen LogP contribution in [0, 0.1) is 11.8 Å². The molecule has 0 saturated carbocycles. The van der Waals surface area contributed by atoms with E-state index in [1.165, 1.54) is 0 Å². The zero-order chi connectivity index (χ0) is 12.1. The maximum atomic E-state index is 11.8. The SMILES string of the molecule is CSC(C)(C)CNC(=O)C(CN)C(C)C. The molecule has 0 aromatic heterocycles. The number of carbonyl (C=O) groups excluding carboxylic acids is 1. The number of carbonyl (C=O) groups is 1. The first-order valence-corrected chi connectivity index (χ1v) is 6.59. The molecule has 0 aliphatic heterocycles. The maximum absolute atomic E-state index is 11.8. The second-order valence-corrected chi connectivity index (χ2v) is 6.28. The molecular weight excluding hydrogens is 208 g/mol. The number of thioether (sulfide) groups is 1. The van der Waals surface area contributed by atoms with Crippen LogP contribution in [-0.2, 0) is 4.79 Å². The summed E-state index contributed by atoms with van der Waals surface area (Å²) in [6.07, 6.45) is 2.05. The molecule has 0 spiro atoms. The summed E-state index contributed by atoms with van der Waals surface area (Å²) in [6, 6.07) is 0. The quantitative estimate of drug-likeness (QED) is 0.729. The molecule has 0 aromatic rings. The molecule has 1 amide bonds. The molecule has 0 fully saturated rings. The fourth-order valence-electron chi connectivity index (χ4n) is 1.19. The average Bonchev–Trinajstić information content (AvgIpc) is 2.15. The van der Waals surface area contributed by atoms with E-state index >= 15 is 0 Å². The van der Waals surface area contributed by atoms with Crippen LogP contribution in [0.4, 0.5) is 0 Å². The summed E-state index contributed by atoms with van der Waals surface area (Å²) in [4.78, 5) is 11.8. The summed E-state index contributed by atoms with van der Waals surface area (Å²) in [6.45, 7) is 9.39. The number of hydrogen-bond acceptors (Lipinski definition) is 3. The van der Waals surface area contributed by atoms with Gasteiger partial charge >= 0.3 is 0 Å². The summed E-state index contributed by atoms with van der Waals surface area (Å²) >= 11 is 1.75. The summed E-state index contributed by atoms with van der Waals surface area (Å²) in [5.41, 5.74) is 5.58. The van der Waals surface area contributed by atoms with Gasteiger partial charge < -0.3 is 11.1 Å². The molecule has 15 heavy (non-hydrogen) atoms. The fraction of sp³-hybridized carbons (Fsp3) is 0.909. The van der Waals surface area contributed by atoms with E-state index in [1.807, 2.05) is 13.8 Å². The van der Waals surface area contributed by atoms with Crippen LogP contribution in [0.5, 0.6) is 0 Å². The topological polar surface area (TPSA) is 55.1 Å². The summed E-state index contributed by atoms with van der Waals surface area (Å²) in [5.74, 6) is 0.310. The lowest BCUT2D eigenvalue weighted by Gasteiger charge is -2.25. The van der Waals surface area contributed by atoms with Gasteiger partial charge in [0.2, 0.25) is 5.91 Å². The molecule has 4 heteroatoms. The van der Waals surface area contributed by atoms with E-state index in [-0.39, 0.29) is 16.6 Å². The van der Waals surface area contributed by atoms with Crippen LogP contribution in [-0.4, -0.2) is 30.0 Å². The van der Waals surface area contributed by atoms with Gasteiger partial charge in [-0.25, -0.2) is 0 Å². The largest absolute Gasteiger partial charge is 0.354 e. The Morgan fingerprint density at radius 3 is 2.33 bits per heavy atom. The van der Waals surface area contributed by atoms with Crippen molar-refractivity contribution in [1.82, 2.24) is 5.32 Å². The second-order valence-electron chi connectivity index (χ2n) is 4.77. The first kappa shape index (κ1) is 14.8. The van der Waals surface area contributed by atoms with Crippen LogP contribution in [0.3, 0.4) is 0 Å². The van der Waals surface area contributed by atoms with Gasteiger partial charge in [0.25, 0.3) is 0 Å². The minimum atomic E-state index is -0.0670. The zero-order valence-electron chi connectivity index (χ0n) is 10.5. The third-order valence-electron chi connectivity index (χ3n) is 2.64. The summed E-state index contributed by atoms with van der Waals surface area (Å²) in [5, 5.41) is 2.97. The molecule has 0 bridgehead atoms. The van der Waals surface area contributed by atoms with Crippen LogP contribution >= 0.6 is 11.8 Å². The molecule has 0 aliphatic carbocycles. The predicted molar refractivity (Wildman–Crippen MR) is 68.0 cm³/mol. The molecule has 3 nitrogen and oxygen atoms in total. The van der Waals surface area contributed by atoms with Crippen LogP contribution < -0.4 is 11.1 Å². The first-order valence-electron chi connectivity index (χ1n) is 5.37. The van der Waals surface area contributed by atoms with Crippen LogP contribution in [0.25, 0.3) is 0 Å². The Hall–Kier alpha value is -0.220. The van der Waals surface area contributed by atoms with E-state index in [1.54, 1.807) is 11.8 Å². The van der Waals surface area contributed by atoms with Crippen molar-refractivity contribution in [2.24, 2.45) is 17.6 Å². The molecule has 0 aromatic carbocycles. The van der Waals surface area contributed by atoms with Crippen LogP contribution in [0.15, 0.2) is 0 Å². The van der Waals surface area contributed by atoms with Crippen molar-refractivity contribution in [2.45, 2.75) is 32.4 Å². The minimum Gasteiger partial charge on any atom is -0.354 e. The first-order chi connectivity index (χ1) is 6.84. The highest BCUT2D eigenvalue weighted by Crippen LogP contribution is 2.20. The van der Waals surface area contributed by atoms with Gasteiger partial charge in [-0.1, -0.05) is 13.8 Å². The molecule has 0 saturated heterocycles. The third-order valence-corrected chi connectivity index (χ3v) is 3.89. The van der Waals surface area contributed by atoms with E-state index in [0.29, 0.717) is 19.0 Å². The van der Waals surface area contributed by atoms with Crippen LogP contribution in [0.1, 0.15) is 27.7 Å². The molecule has 0 radical (unpaired) electrons. The number of nitrogens with two attached hydrogens (primary N) is 1. The van der Waals surface area contributed by atoms with Gasteiger partial charge in [0.15, 0.2) is 0 Å². The Morgan fingerprint density at radius 1 is 1.47 bits per heavy atom. The van der Waals surface area contributed by atoms with Gasteiger partial charge in [0.1, 0.15) is 0 Å². The number of rotatable bonds is 6. The Bertz CT molecular complexity index is 205. The van der Waals surface area contributed by atoms with E-state index in [2.05, 4.69) is 25.4 Å². The molecule has 90 valence electrons. The van der Waals surface area contributed by atoms with Crippen molar-refractivity contribution in [3.8, 4) is 0 Å². The second kappa shape index (κ2) is 6.38. The normalized spacial score (nSPS) is 14.1. The third kappa shape index (κ3) is 5.42. The van der Waals surface area contributed by atoms with Crippen molar-refractivity contribution in [2.75, 3.05) is 19.3 Å². The minimum absolute atomic E-state index is 0.0670. The Labute approximate surface area is 97.6 Å². The monoisotopic (exact) mass is 232 g/mol. The highest BCUT2D eigenvalue weighted by atomic mass is 32.2. The standard InChI is InChI=1S/C11H24N2OS/c1-8(2)9(6-12)10(14)13-7-11(3,4)15-5/h8-9H,6-7,12H2,1-5H3,(H,13,14). The molecular formula is C11H24N2OS. The molecule has 0 aliphatic rings. The van der Waals surface area contributed by atoms with E-state index in [9.17, 15) is 4.79 Å². The molecule has 3 N–H and O–H groups in total. The Balaban J connectivity index is 4.13. The van der Waals surface area contributed by atoms with Gasteiger partial charge in [-0.05, 0) is 26.0 Å². The van der Waals surface area contributed by atoms with Crippen molar-refractivity contribution >= 4 is 17.7 Å². The lowest BCUT2D eigenvalue weighted by molar-refractivity contribution is -0.126. The van der Waals surface area contributed by atoms with Crippen LogP contribution in [0.2, 0.25) is 0 Å². The highest BCUT2D eigenvalue weighted by Gasteiger charge is 2.23. The fourth-order valence-corrected chi connectivity index (χ4v) is 1.40. The van der Waals surface area contributed by atoms with Gasteiger partial charge in [0.05, 0.1) is 5.92 Å². The Morgan fingerprint density at radius 2 is 2.00 bits per heavy atom. The van der Waals surface area contributed by atoms with Crippen molar-refractivity contribution in [3.63, 3.8) is 0 Å². The van der Waals surface area contributed by atoms with Gasteiger partial charge in [0, 0.05) is 17.8 Å². The number of hydrogen-bond donors (Lipinski definition) is 2. The smallest absolute Gasteiger partial charge is 0.224 e. The zero-order valence-corrected chi connectivity index (χ0v) is 11.3. The van der Waals surface area contributed by atoms with Crippen molar-refractivity contribution in [1.29, 1.82) is 0 Å². The molecule has 1 atom stereocenters.